The number of anilines is 1. The van der Waals surface area contributed by atoms with E-state index in [4.69, 9.17) is 16.1 Å². The van der Waals surface area contributed by atoms with E-state index in [1.807, 2.05) is 31.2 Å². The first-order chi connectivity index (χ1) is 14.9. The van der Waals surface area contributed by atoms with Gasteiger partial charge in [0.15, 0.2) is 12.1 Å². The summed E-state index contributed by atoms with van der Waals surface area (Å²) in [5.41, 5.74) is 2.06. The Balaban J connectivity index is 1.36. The van der Waals surface area contributed by atoms with Crippen LogP contribution in [0.5, 0.6) is 0 Å². The van der Waals surface area contributed by atoms with Gasteiger partial charge in [-0.25, -0.2) is 9.29 Å². The first-order valence-corrected chi connectivity index (χ1v) is 9.70. The molecule has 5 rings (SSSR count). The molecule has 0 aliphatic carbocycles. The molecule has 31 heavy (non-hydrogen) atoms. The number of amides is 2. The van der Waals surface area contributed by atoms with Crippen molar-refractivity contribution in [3.05, 3.63) is 64.8 Å². The second-order valence-electron chi connectivity index (χ2n) is 7.18. The van der Waals surface area contributed by atoms with E-state index in [1.54, 1.807) is 0 Å². The minimum Gasteiger partial charge on any atom is -0.337 e. The molecule has 0 saturated carbocycles. The third-order valence-electron chi connectivity index (χ3n) is 5.09. The normalized spacial score (nSPS) is 20.1. The molecule has 9 nitrogen and oxygen atoms in total. The lowest BCUT2D eigenvalue weighted by atomic mass is 10.1. The Kier molecular flexibility index (Phi) is 4.51. The van der Waals surface area contributed by atoms with Crippen LogP contribution in [-0.2, 0) is 16.1 Å². The molecule has 2 aliphatic rings. The Hall–Kier alpha value is -3.66. The molecular formula is C20H14ClFN6O3. The van der Waals surface area contributed by atoms with E-state index in [0.29, 0.717) is 5.82 Å². The lowest BCUT2D eigenvalue weighted by molar-refractivity contribution is -0.123. The van der Waals surface area contributed by atoms with Gasteiger partial charge >= 0.3 is 0 Å². The molecule has 3 aromatic rings. The smallest absolute Gasteiger partial charge is 0.263 e. The Morgan fingerprint density at radius 1 is 1.13 bits per heavy atom. The molecule has 2 amide bonds. The summed E-state index contributed by atoms with van der Waals surface area (Å²) >= 11 is 5.80. The van der Waals surface area contributed by atoms with Crippen LogP contribution in [-0.4, -0.2) is 39.0 Å². The second kappa shape index (κ2) is 7.24. The van der Waals surface area contributed by atoms with Crippen LogP contribution in [0.15, 0.2) is 57.3 Å². The highest BCUT2D eigenvalue weighted by molar-refractivity contribution is 6.32. The predicted molar refractivity (Wildman–Crippen MR) is 106 cm³/mol. The maximum absolute atomic E-state index is 13.5. The highest BCUT2D eigenvalue weighted by Crippen LogP contribution is 2.34. The van der Waals surface area contributed by atoms with Gasteiger partial charge in [-0.15, -0.1) is 0 Å². The van der Waals surface area contributed by atoms with Gasteiger partial charge in [0.25, 0.3) is 11.8 Å². The zero-order chi connectivity index (χ0) is 21.7. The van der Waals surface area contributed by atoms with Crippen molar-refractivity contribution in [2.75, 3.05) is 4.90 Å². The van der Waals surface area contributed by atoms with Crippen molar-refractivity contribution < 1.29 is 18.5 Å². The van der Waals surface area contributed by atoms with Crippen LogP contribution >= 0.6 is 11.6 Å². The number of benzene rings is 2. The van der Waals surface area contributed by atoms with E-state index in [0.717, 1.165) is 22.1 Å². The van der Waals surface area contributed by atoms with Gasteiger partial charge in [-0.3, -0.25) is 14.6 Å². The van der Waals surface area contributed by atoms with Crippen molar-refractivity contribution >= 4 is 29.1 Å². The average Bonchev–Trinajstić information content (AvgIpc) is 3.44. The maximum Gasteiger partial charge on any atom is 0.263 e. The van der Waals surface area contributed by atoms with Gasteiger partial charge in [-0.1, -0.05) is 51.8 Å². The number of halogens is 2. The SMILES string of the molecule is Cc1ccc(-c2noc(CN3N=N[C@@H]4C(=O)N(c5ccc(F)c(Cl)c5)C(=O)[C@H]43)n2)cc1. The first-order valence-electron chi connectivity index (χ1n) is 9.32. The summed E-state index contributed by atoms with van der Waals surface area (Å²) in [4.78, 5) is 31.0. The molecule has 1 aromatic heterocycles. The van der Waals surface area contributed by atoms with Crippen molar-refractivity contribution in [1.82, 2.24) is 15.1 Å². The van der Waals surface area contributed by atoms with Crippen LogP contribution in [0.2, 0.25) is 5.02 Å². The number of aromatic nitrogens is 2. The number of rotatable bonds is 4. The van der Waals surface area contributed by atoms with Crippen molar-refractivity contribution in [2.24, 2.45) is 10.3 Å². The Bertz CT molecular complexity index is 1230. The van der Waals surface area contributed by atoms with Gasteiger partial charge in [0, 0.05) is 5.56 Å². The van der Waals surface area contributed by atoms with Gasteiger partial charge in [0.1, 0.15) is 12.4 Å². The van der Waals surface area contributed by atoms with Crippen molar-refractivity contribution in [1.29, 1.82) is 0 Å². The highest BCUT2D eigenvalue weighted by atomic mass is 35.5. The number of fused-ring (bicyclic) bond motifs is 1. The van der Waals surface area contributed by atoms with Gasteiger partial charge in [0.2, 0.25) is 11.7 Å². The van der Waals surface area contributed by atoms with Crippen LogP contribution in [0.1, 0.15) is 11.5 Å². The third-order valence-corrected chi connectivity index (χ3v) is 5.38. The summed E-state index contributed by atoms with van der Waals surface area (Å²) in [7, 11) is 0. The second-order valence-corrected chi connectivity index (χ2v) is 7.59. The molecule has 0 N–H and O–H groups in total. The van der Waals surface area contributed by atoms with Gasteiger partial charge < -0.3 is 4.52 Å². The third kappa shape index (κ3) is 3.25. The van der Waals surface area contributed by atoms with E-state index in [2.05, 4.69) is 20.5 Å². The largest absolute Gasteiger partial charge is 0.337 e. The zero-order valence-electron chi connectivity index (χ0n) is 16.1. The van der Waals surface area contributed by atoms with Gasteiger partial charge in [0.05, 0.1) is 10.7 Å². The molecule has 2 atom stereocenters. The fourth-order valence-corrected chi connectivity index (χ4v) is 3.68. The summed E-state index contributed by atoms with van der Waals surface area (Å²) in [5.74, 6) is -1.12. The number of carbonyl (C=O) groups is 2. The van der Waals surface area contributed by atoms with E-state index in [9.17, 15) is 14.0 Å². The maximum atomic E-state index is 13.5. The molecule has 1 fully saturated rings. The molecular weight excluding hydrogens is 427 g/mol. The summed E-state index contributed by atoms with van der Waals surface area (Å²) in [6.07, 6.45) is 0. The monoisotopic (exact) mass is 440 g/mol. The molecule has 1 saturated heterocycles. The van der Waals surface area contributed by atoms with Crippen molar-refractivity contribution in [3.63, 3.8) is 0 Å². The summed E-state index contributed by atoms with van der Waals surface area (Å²) in [5, 5.41) is 13.0. The van der Waals surface area contributed by atoms with Crippen LogP contribution in [0.4, 0.5) is 10.1 Å². The molecule has 11 heteroatoms. The number of hydrogen-bond acceptors (Lipinski definition) is 8. The Morgan fingerprint density at radius 3 is 2.65 bits per heavy atom. The quantitative estimate of drug-likeness (QED) is 0.576. The molecule has 2 aromatic carbocycles. The first kappa shape index (κ1) is 19.3. The number of aryl methyl sites for hydroxylation is 1. The molecule has 0 bridgehead atoms. The Labute approximate surface area is 180 Å². The number of hydrogen-bond donors (Lipinski definition) is 0. The minimum absolute atomic E-state index is 0.000558. The fourth-order valence-electron chi connectivity index (χ4n) is 3.51. The van der Waals surface area contributed by atoms with Crippen LogP contribution < -0.4 is 4.90 Å². The molecule has 2 aliphatic heterocycles. The minimum atomic E-state index is -1.00. The summed E-state index contributed by atoms with van der Waals surface area (Å²) in [6, 6.07) is 9.29. The van der Waals surface area contributed by atoms with Crippen LogP contribution in [0.3, 0.4) is 0 Å². The number of nitrogens with zero attached hydrogens (tertiary/aromatic N) is 6. The van der Waals surface area contributed by atoms with E-state index in [-0.39, 0.29) is 23.1 Å². The molecule has 156 valence electrons. The van der Waals surface area contributed by atoms with Gasteiger partial charge in [-0.05, 0) is 25.1 Å². The van der Waals surface area contributed by atoms with Crippen LogP contribution in [0.25, 0.3) is 11.4 Å². The van der Waals surface area contributed by atoms with Crippen molar-refractivity contribution in [2.45, 2.75) is 25.6 Å². The average molecular weight is 441 g/mol. The molecule has 0 radical (unpaired) electrons. The predicted octanol–water partition coefficient (Wildman–Crippen LogP) is 3.33. The van der Waals surface area contributed by atoms with E-state index < -0.39 is 29.7 Å². The van der Waals surface area contributed by atoms with Gasteiger partial charge in [-0.2, -0.15) is 10.1 Å². The van der Waals surface area contributed by atoms with Crippen LogP contribution in [0, 0.1) is 12.7 Å². The number of carbonyl (C=O) groups excluding carboxylic acids is 2. The topological polar surface area (TPSA) is 104 Å². The van der Waals surface area contributed by atoms with Crippen molar-refractivity contribution in [3.8, 4) is 11.4 Å². The molecule has 0 unspecified atom stereocenters. The van der Waals surface area contributed by atoms with E-state index in [1.165, 1.54) is 17.1 Å². The lowest BCUT2D eigenvalue weighted by Gasteiger charge is -2.19. The Morgan fingerprint density at radius 2 is 1.90 bits per heavy atom. The standard InChI is InChI=1S/C20H14ClFN6O3/c1-10-2-4-11(5-3-10)18-23-15(31-25-18)9-27-17-16(24-26-27)19(29)28(20(17)30)12-6-7-14(22)13(21)8-12/h2-8,16-17H,9H2,1H3/t16-,17-/m0/s1. The zero-order valence-corrected chi connectivity index (χ0v) is 16.8. The summed E-state index contributed by atoms with van der Waals surface area (Å²) in [6.45, 7) is 1.98. The summed E-state index contributed by atoms with van der Waals surface area (Å²) < 4.78 is 18.8. The fraction of sp³-hybridized carbons (Fsp3) is 0.200. The molecule has 0 spiro atoms. The van der Waals surface area contributed by atoms with E-state index >= 15 is 0 Å². The lowest BCUT2D eigenvalue weighted by Crippen LogP contribution is -2.39. The number of imide groups is 1. The molecule has 3 heterocycles. The highest BCUT2D eigenvalue weighted by Gasteiger charge is 2.55.